The number of carboxylic acids is 1. The second-order valence-corrected chi connectivity index (χ2v) is 11.1. The number of ether oxygens (including phenoxy) is 1. The van der Waals surface area contributed by atoms with Gasteiger partial charge in [0.05, 0.1) is 6.54 Å². The van der Waals surface area contributed by atoms with E-state index in [1.807, 2.05) is 71.4 Å². The van der Waals surface area contributed by atoms with E-state index in [4.69, 9.17) is 16.3 Å². The van der Waals surface area contributed by atoms with Gasteiger partial charge in [0, 0.05) is 40.5 Å². The molecule has 0 aliphatic heterocycles. The van der Waals surface area contributed by atoms with Crippen molar-refractivity contribution in [1.29, 1.82) is 0 Å². The Balaban J connectivity index is 1.17. The third-order valence-electron chi connectivity index (χ3n) is 7.08. The van der Waals surface area contributed by atoms with Crippen molar-refractivity contribution in [2.24, 2.45) is 0 Å². The Morgan fingerprint density at radius 3 is 2.36 bits per heavy atom. The van der Waals surface area contributed by atoms with E-state index >= 15 is 0 Å². The standard InChI is InChI=1S/C30H24ClN3O4S/c31-29-32-14-19(39-29)16-34-15-18(20-7-5-6-12-27(20)34)13-26(28(35)36)33-30(37)38-17-25-23-10-3-1-8-21(23)22-9-2-4-11-24(22)25/h1-12,14-15,25-26H,13,16-17H2,(H,33,37)(H,35,36). The molecule has 0 spiro atoms. The third kappa shape index (κ3) is 5.01. The number of carbonyl (C=O) groups is 2. The molecule has 1 unspecified atom stereocenters. The second kappa shape index (κ2) is 10.6. The van der Waals surface area contributed by atoms with Crippen molar-refractivity contribution < 1.29 is 19.4 Å². The molecule has 1 aliphatic rings. The molecule has 5 aromatic rings. The summed E-state index contributed by atoms with van der Waals surface area (Å²) in [5, 5.41) is 13.4. The van der Waals surface area contributed by atoms with Gasteiger partial charge in [-0.2, -0.15) is 0 Å². The van der Waals surface area contributed by atoms with Crippen LogP contribution in [-0.4, -0.2) is 39.4 Å². The number of carbonyl (C=O) groups excluding carboxylic acids is 1. The summed E-state index contributed by atoms with van der Waals surface area (Å²) in [6, 6.07) is 22.8. The van der Waals surface area contributed by atoms with Gasteiger partial charge < -0.3 is 19.7 Å². The average Bonchev–Trinajstić information content (AvgIpc) is 3.61. The summed E-state index contributed by atoms with van der Waals surface area (Å²) in [6.45, 7) is 0.672. The Labute approximate surface area is 233 Å². The number of para-hydroxylation sites is 1. The maximum atomic E-state index is 12.8. The lowest BCUT2D eigenvalue weighted by molar-refractivity contribution is -0.139. The monoisotopic (exact) mass is 557 g/mol. The Kier molecular flexibility index (Phi) is 6.81. The Morgan fingerprint density at radius 1 is 1.03 bits per heavy atom. The SMILES string of the molecule is O=C(NC(Cc1cn(Cc2cnc(Cl)s2)c2ccccc12)C(=O)O)OCC1c2ccccc2-c2ccccc21. The van der Waals surface area contributed by atoms with Crippen LogP contribution in [0.2, 0.25) is 4.47 Å². The molecule has 9 heteroatoms. The van der Waals surface area contributed by atoms with Gasteiger partial charge in [0.25, 0.3) is 0 Å². The number of nitrogens with one attached hydrogen (secondary N) is 1. The lowest BCUT2D eigenvalue weighted by atomic mass is 9.98. The number of alkyl carbamates (subject to hydrolysis) is 1. The summed E-state index contributed by atoms with van der Waals surface area (Å²) in [5.74, 6) is -1.24. The molecule has 0 saturated heterocycles. The number of rotatable bonds is 8. The van der Waals surface area contributed by atoms with Crippen molar-refractivity contribution in [2.75, 3.05) is 6.61 Å². The van der Waals surface area contributed by atoms with Crippen molar-refractivity contribution in [3.8, 4) is 11.1 Å². The van der Waals surface area contributed by atoms with E-state index in [0.29, 0.717) is 11.0 Å². The number of amides is 1. The highest BCUT2D eigenvalue weighted by molar-refractivity contribution is 7.15. The van der Waals surface area contributed by atoms with Crippen LogP contribution in [0.15, 0.2) is 85.2 Å². The predicted octanol–water partition coefficient (Wildman–Crippen LogP) is 6.33. The Bertz CT molecular complexity index is 1650. The predicted molar refractivity (Wildman–Crippen MR) is 151 cm³/mol. The number of nitrogens with zero attached hydrogens (tertiary/aromatic N) is 2. The molecule has 1 aliphatic carbocycles. The maximum Gasteiger partial charge on any atom is 0.407 e. The maximum absolute atomic E-state index is 12.8. The lowest BCUT2D eigenvalue weighted by Crippen LogP contribution is -2.42. The Hall–Kier alpha value is -4.14. The van der Waals surface area contributed by atoms with E-state index in [0.717, 1.165) is 43.6 Å². The van der Waals surface area contributed by atoms with E-state index in [1.165, 1.54) is 11.3 Å². The van der Waals surface area contributed by atoms with Gasteiger partial charge in [0.1, 0.15) is 12.6 Å². The summed E-state index contributed by atoms with van der Waals surface area (Å²) in [4.78, 5) is 30.1. The van der Waals surface area contributed by atoms with Gasteiger partial charge in [0.2, 0.25) is 0 Å². The van der Waals surface area contributed by atoms with Crippen molar-refractivity contribution in [3.63, 3.8) is 0 Å². The normalized spacial score (nSPS) is 13.2. The summed E-state index contributed by atoms with van der Waals surface area (Å²) >= 11 is 7.40. The van der Waals surface area contributed by atoms with Gasteiger partial charge in [-0.3, -0.25) is 0 Å². The third-order valence-corrected chi connectivity index (χ3v) is 8.18. The topological polar surface area (TPSA) is 93.5 Å². The first-order valence-electron chi connectivity index (χ1n) is 12.5. The zero-order chi connectivity index (χ0) is 26.9. The molecule has 196 valence electrons. The number of halogens is 1. The van der Waals surface area contributed by atoms with Crippen LogP contribution >= 0.6 is 22.9 Å². The van der Waals surface area contributed by atoms with Gasteiger partial charge in [-0.25, -0.2) is 14.6 Å². The smallest absolute Gasteiger partial charge is 0.407 e. The minimum atomic E-state index is -1.15. The molecule has 0 bridgehead atoms. The summed E-state index contributed by atoms with van der Waals surface area (Å²) in [5.41, 5.74) is 6.22. The highest BCUT2D eigenvalue weighted by Crippen LogP contribution is 2.44. The molecule has 7 nitrogen and oxygen atoms in total. The first-order valence-corrected chi connectivity index (χ1v) is 13.7. The van der Waals surface area contributed by atoms with Crippen LogP contribution in [0.4, 0.5) is 4.79 Å². The minimum Gasteiger partial charge on any atom is -0.480 e. The van der Waals surface area contributed by atoms with E-state index in [-0.39, 0.29) is 18.9 Å². The van der Waals surface area contributed by atoms with Crippen LogP contribution in [-0.2, 0) is 22.5 Å². The highest BCUT2D eigenvalue weighted by Gasteiger charge is 2.30. The molecular weight excluding hydrogens is 534 g/mol. The quantitative estimate of drug-likeness (QED) is 0.232. The fourth-order valence-corrected chi connectivity index (χ4v) is 6.32. The van der Waals surface area contributed by atoms with Gasteiger partial charge in [-0.05, 0) is 33.9 Å². The number of fused-ring (bicyclic) bond motifs is 4. The molecule has 3 aromatic carbocycles. The first kappa shape index (κ1) is 25.2. The van der Waals surface area contributed by atoms with Gasteiger partial charge >= 0.3 is 12.1 Å². The number of hydrogen-bond acceptors (Lipinski definition) is 5. The number of thiazole rings is 1. The summed E-state index contributed by atoms with van der Waals surface area (Å²) in [7, 11) is 0. The minimum absolute atomic E-state index is 0.107. The van der Waals surface area contributed by atoms with Crippen LogP contribution in [0.5, 0.6) is 0 Å². The fourth-order valence-electron chi connectivity index (χ4n) is 5.34. The lowest BCUT2D eigenvalue weighted by Gasteiger charge is -2.17. The molecule has 0 radical (unpaired) electrons. The molecule has 6 rings (SSSR count). The molecular formula is C30H24ClN3O4S. The number of aliphatic carboxylic acids is 1. The van der Waals surface area contributed by atoms with Crippen molar-refractivity contribution in [1.82, 2.24) is 14.9 Å². The van der Waals surface area contributed by atoms with E-state index in [9.17, 15) is 14.7 Å². The van der Waals surface area contributed by atoms with Crippen LogP contribution < -0.4 is 5.32 Å². The van der Waals surface area contributed by atoms with Gasteiger partial charge in [0.15, 0.2) is 4.47 Å². The molecule has 39 heavy (non-hydrogen) atoms. The molecule has 1 amide bonds. The zero-order valence-electron chi connectivity index (χ0n) is 20.7. The largest absolute Gasteiger partial charge is 0.480 e. The van der Waals surface area contributed by atoms with E-state index < -0.39 is 18.1 Å². The highest BCUT2D eigenvalue weighted by atomic mass is 35.5. The molecule has 2 N–H and O–H groups in total. The number of hydrogen-bond donors (Lipinski definition) is 2. The number of aromatic nitrogens is 2. The second-order valence-electron chi connectivity index (χ2n) is 9.44. The molecule has 0 saturated carbocycles. The fraction of sp³-hybridized carbons (Fsp3) is 0.167. The van der Waals surface area contributed by atoms with Crippen LogP contribution in [0.3, 0.4) is 0 Å². The van der Waals surface area contributed by atoms with Crippen LogP contribution in [0, 0.1) is 0 Å². The van der Waals surface area contributed by atoms with Gasteiger partial charge in [-0.1, -0.05) is 78.3 Å². The molecule has 2 aromatic heterocycles. The molecule has 0 fully saturated rings. The van der Waals surface area contributed by atoms with E-state index in [1.54, 1.807) is 6.20 Å². The number of benzene rings is 3. The van der Waals surface area contributed by atoms with Gasteiger partial charge in [-0.15, -0.1) is 11.3 Å². The Morgan fingerprint density at radius 2 is 1.69 bits per heavy atom. The van der Waals surface area contributed by atoms with Crippen molar-refractivity contribution >= 4 is 45.9 Å². The molecule has 2 heterocycles. The van der Waals surface area contributed by atoms with Crippen molar-refractivity contribution in [3.05, 3.63) is 111 Å². The molecule has 1 atom stereocenters. The zero-order valence-corrected chi connectivity index (χ0v) is 22.3. The van der Waals surface area contributed by atoms with Crippen molar-refractivity contribution in [2.45, 2.75) is 24.9 Å². The average molecular weight is 558 g/mol. The van der Waals surface area contributed by atoms with E-state index in [2.05, 4.69) is 22.4 Å². The summed E-state index contributed by atoms with van der Waals surface area (Å²) < 4.78 is 8.11. The van der Waals surface area contributed by atoms with Crippen LogP contribution in [0.25, 0.3) is 22.0 Å². The summed E-state index contributed by atoms with van der Waals surface area (Å²) in [6.07, 6.45) is 3.01. The first-order chi connectivity index (χ1) is 19.0. The van der Waals surface area contributed by atoms with Crippen LogP contribution in [0.1, 0.15) is 27.5 Å². The number of carboxylic acid groups (broad SMARTS) is 1.